The van der Waals surface area contributed by atoms with E-state index in [4.69, 9.17) is 4.74 Å². The maximum absolute atomic E-state index is 13.2. The van der Waals surface area contributed by atoms with Crippen LogP contribution in [0.2, 0.25) is 0 Å². The first-order valence-electron chi connectivity index (χ1n) is 11.6. The molecule has 0 aromatic heterocycles. The van der Waals surface area contributed by atoms with Crippen LogP contribution in [0.4, 0.5) is 10.5 Å². The number of ether oxygens (including phenoxy) is 1. The molecule has 2 aliphatic heterocycles. The van der Waals surface area contributed by atoms with E-state index in [9.17, 15) is 14.4 Å². The van der Waals surface area contributed by atoms with E-state index in [0.717, 1.165) is 42.2 Å². The number of piperidine rings is 1. The summed E-state index contributed by atoms with van der Waals surface area (Å²) in [6.45, 7) is 4.23. The normalized spacial score (nSPS) is 18.0. The van der Waals surface area contributed by atoms with Gasteiger partial charge in [0.25, 0.3) is 5.91 Å². The third-order valence-corrected chi connectivity index (χ3v) is 6.88. The Labute approximate surface area is 200 Å². The molecule has 2 fully saturated rings. The van der Waals surface area contributed by atoms with Gasteiger partial charge in [-0.2, -0.15) is 0 Å². The number of anilines is 1. The van der Waals surface area contributed by atoms with E-state index in [1.807, 2.05) is 48.5 Å². The zero-order valence-electron chi connectivity index (χ0n) is 20.0. The van der Waals surface area contributed by atoms with Gasteiger partial charge in [0.15, 0.2) is 0 Å². The fraction of sp³-hybridized carbons (Fsp3) is 0.423. The Morgan fingerprint density at radius 3 is 2.21 bits per heavy atom. The van der Waals surface area contributed by atoms with Crippen LogP contribution in [0.25, 0.3) is 0 Å². The molecule has 1 N–H and O–H groups in total. The lowest BCUT2D eigenvalue weighted by atomic mass is 9.85. The van der Waals surface area contributed by atoms with Gasteiger partial charge in [0.1, 0.15) is 11.3 Å². The molecule has 4 amide bonds. The fourth-order valence-corrected chi connectivity index (χ4v) is 4.94. The molecule has 2 saturated heterocycles. The molecule has 2 aromatic carbocycles. The predicted octanol–water partition coefficient (Wildman–Crippen LogP) is 3.12. The SMILES string of the molecule is COc1ccc(CCN2C(=O)N(C)C(=O)C23CCN(Cc2ccc(NC(C)=O)cc2)CC3)cc1. The van der Waals surface area contributed by atoms with Crippen LogP contribution in [0.5, 0.6) is 5.75 Å². The largest absolute Gasteiger partial charge is 0.497 e. The van der Waals surface area contributed by atoms with Crippen molar-refractivity contribution in [2.75, 3.05) is 39.1 Å². The molecule has 2 heterocycles. The number of likely N-dealkylation sites (tertiary alicyclic amines) is 1. The Bertz CT molecular complexity index is 1040. The lowest BCUT2D eigenvalue weighted by molar-refractivity contribution is -0.134. The number of methoxy groups -OCH3 is 1. The first-order valence-corrected chi connectivity index (χ1v) is 11.6. The van der Waals surface area contributed by atoms with Gasteiger partial charge < -0.3 is 15.0 Å². The van der Waals surface area contributed by atoms with Gasteiger partial charge in [0.2, 0.25) is 5.91 Å². The van der Waals surface area contributed by atoms with Crippen molar-refractivity contribution >= 4 is 23.5 Å². The summed E-state index contributed by atoms with van der Waals surface area (Å²) in [7, 11) is 3.22. The van der Waals surface area contributed by atoms with E-state index in [1.54, 1.807) is 19.1 Å². The number of hydrogen-bond donors (Lipinski definition) is 1. The van der Waals surface area contributed by atoms with Crippen LogP contribution < -0.4 is 10.1 Å². The van der Waals surface area contributed by atoms with Crippen molar-refractivity contribution in [3.8, 4) is 5.75 Å². The number of amides is 4. The molecular weight excluding hydrogens is 432 g/mol. The number of likely N-dealkylation sites (N-methyl/N-ethyl adjacent to an activating group) is 1. The van der Waals surface area contributed by atoms with Crippen molar-refractivity contribution in [2.45, 2.75) is 38.3 Å². The van der Waals surface area contributed by atoms with Gasteiger partial charge in [-0.05, 0) is 54.7 Å². The van der Waals surface area contributed by atoms with Gasteiger partial charge >= 0.3 is 6.03 Å². The van der Waals surface area contributed by atoms with E-state index in [-0.39, 0.29) is 17.8 Å². The van der Waals surface area contributed by atoms with E-state index in [0.29, 0.717) is 25.8 Å². The minimum atomic E-state index is -0.760. The summed E-state index contributed by atoms with van der Waals surface area (Å²) in [4.78, 5) is 42.7. The second-order valence-electron chi connectivity index (χ2n) is 9.08. The molecule has 1 spiro atoms. The molecule has 0 atom stereocenters. The highest BCUT2D eigenvalue weighted by molar-refractivity contribution is 6.06. The number of nitrogens with one attached hydrogen (secondary N) is 1. The van der Waals surface area contributed by atoms with Crippen molar-refractivity contribution in [2.24, 2.45) is 0 Å². The standard InChI is InChI=1S/C26H32N4O4/c1-19(31)27-22-8-4-21(5-9-22)18-29-16-13-26(14-17-29)24(32)28(2)25(33)30(26)15-12-20-6-10-23(34-3)11-7-20/h4-11H,12-18H2,1-3H3,(H,27,31). The van der Waals surface area contributed by atoms with Crippen LogP contribution in [0, 0.1) is 0 Å². The van der Waals surface area contributed by atoms with Gasteiger partial charge in [-0.15, -0.1) is 0 Å². The second kappa shape index (κ2) is 9.85. The van der Waals surface area contributed by atoms with Crippen molar-refractivity contribution < 1.29 is 19.1 Å². The van der Waals surface area contributed by atoms with Crippen LogP contribution in [0.15, 0.2) is 48.5 Å². The summed E-state index contributed by atoms with van der Waals surface area (Å²) in [6.07, 6.45) is 1.92. The van der Waals surface area contributed by atoms with Crippen molar-refractivity contribution in [3.05, 3.63) is 59.7 Å². The number of imide groups is 1. The molecule has 8 nitrogen and oxygen atoms in total. The third kappa shape index (κ3) is 4.77. The van der Waals surface area contributed by atoms with Crippen LogP contribution in [0.1, 0.15) is 30.9 Å². The molecule has 4 rings (SSSR count). The maximum atomic E-state index is 13.2. The molecule has 2 aromatic rings. The van der Waals surface area contributed by atoms with Crippen molar-refractivity contribution in [1.82, 2.24) is 14.7 Å². The highest BCUT2D eigenvalue weighted by Gasteiger charge is 2.56. The highest BCUT2D eigenvalue weighted by Crippen LogP contribution is 2.37. The molecule has 0 unspecified atom stereocenters. The summed E-state index contributed by atoms with van der Waals surface area (Å²) < 4.78 is 5.22. The Balaban J connectivity index is 1.40. The van der Waals surface area contributed by atoms with Gasteiger partial charge in [-0.1, -0.05) is 24.3 Å². The zero-order valence-corrected chi connectivity index (χ0v) is 20.0. The predicted molar refractivity (Wildman–Crippen MR) is 130 cm³/mol. The summed E-state index contributed by atoms with van der Waals surface area (Å²) >= 11 is 0. The average molecular weight is 465 g/mol. The van der Waals surface area contributed by atoms with Gasteiger partial charge in [-0.3, -0.25) is 19.4 Å². The van der Waals surface area contributed by atoms with Crippen LogP contribution in [-0.2, 0) is 22.6 Å². The number of urea groups is 1. The van der Waals surface area contributed by atoms with E-state index < -0.39 is 5.54 Å². The van der Waals surface area contributed by atoms with Gasteiger partial charge in [0.05, 0.1) is 7.11 Å². The summed E-state index contributed by atoms with van der Waals surface area (Å²) in [6, 6.07) is 15.4. The van der Waals surface area contributed by atoms with E-state index in [1.165, 1.54) is 11.8 Å². The summed E-state index contributed by atoms with van der Waals surface area (Å²) in [5.41, 5.74) is 2.27. The lowest BCUT2D eigenvalue weighted by Crippen LogP contribution is -2.56. The van der Waals surface area contributed by atoms with Crippen molar-refractivity contribution in [3.63, 3.8) is 0 Å². The second-order valence-corrected chi connectivity index (χ2v) is 9.08. The summed E-state index contributed by atoms with van der Waals surface area (Å²) in [5, 5.41) is 2.78. The van der Waals surface area contributed by atoms with Gasteiger partial charge in [0, 0.05) is 45.8 Å². The Kier molecular flexibility index (Phi) is 6.88. The van der Waals surface area contributed by atoms with Crippen LogP contribution in [-0.4, -0.2) is 71.9 Å². The fourth-order valence-electron chi connectivity index (χ4n) is 4.94. The minimum Gasteiger partial charge on any atom is -0.497 e. The highest BCUT2D eigenvalue weighted by atomic mass is 16.5. The number of nitrogens with zero attached hydrogens (tertiary/aromatic N) is 3. The summed E-state index contributed by atoms with van der Waals surface area (Å²) in [5.74, 6) is 0.613. The molecule has 0 aliphatic carbocycles. The number of hydrogen-bond acceptors (Lipinski definition) is 5. The smallest absolute Gasteiger partial charge is 0.327 e. The Morgan fingerprint density at radius 1 is 1.00 bits per heavy atom. The molecular formula is C26H32N4O4. The minimum absolute atomic E-state index is 0.0912. The molecule has 0 saturated carbocycles. The molecule has 8 heteroatoms. The molecule has 0 bridgehead atoms. The quantitative estimate of drug-likeness (QED) is 0.637. The van der Waals surface area contributed by atoms with E-state index >= 15 is 0 Å². The first-order chi connectivity index (χ1) is 16.3. The molecule has 34 heavy (non-hydrogen) atoms. The topological polar surface area (TPSA) is 82.2 Å². The molecule has 180 valence electrons. The van der Waals surface area contributed by atoms with Crippen molar-refractivity contribution in [1.29, 1.82) is 0 Å². The third-order valence-electron chi connectivity index (χ3n) is 6.88. The number of rotatable bonds is 7. The molecule has 2 aliphatic rings. The first kappa shape index (κ1) is 23.8. The Hall–Kier alpha value is -3.39. The zero-order chi connectivity index (χ0) is 24.3. The van der Waals surface area contributed by atoms with Gasteiger partial charge in [-0.25, -0.2) is 4.79 Å². The molecule has 0 radical (unpaired) electrons. The van der Waals surface area contributed by atoms with Crippen LogP contribution >= 0.6 is 0 Å². The lowest BCUT2D eigenvalue weighted by Gasteiger charge is -2.42. The monoisotopic (exact) mass is 464 g/mol. The maximum Gasteiger partial charge on any atom is 0.327 e. The van der Waals surface area contributed by atoms with E-state index in [2.05, 4.69) is 10.2 Å². The average Bonchev–Trinajstić information content (AvgIpc) is 3.01. The Morgan fingerprint density at radius 2 is 1.62 bits per heavy atom. The number of carbonyl (C=O) groups is 3. The number of benzene rings is 2. The van der Waals surface area contributed by atoms with Crippen LogP contribution in [0.3, 0.4) is 0 Å². The number of carbonyl (C=O) groups excluding carboxylic acids is 3.